The van der Waals surface area contributed by atoms with Gasteiger partial charge in [0.15, 0.2) is 0 Å². The van der Waals surface area contributed by atoms with Gasteiger partial charge in [0, 0.05) is 0 Å². The van der Waals surface area contributed by atoms with Gasteiger partial charge >= 0.3 is 0 Å². The van der Waals surface area contributed by atoms with E-state index in [9.17, 15) is 0 Å². The first-order chi connectivity index (χ1) is 16.7. The molecule has 192 valence electrons. The number of rotatable bonds is 7. The molecule has 4 heteroatoms. The SMILES string of the molecule is C[Si](C)(C)C([Si](C)(C)C)=P(c1ccccc1)(c1ccccc1)P(C1CCCCC1)C1CCCCC1. The predicted octanol–water partition coefficient (Wildman–Crippen LogP) is 9.64. The largest absolute Gasteiger partial charge is 0.0815 e. The van der Waals surface area contributed by atoms with Gasteiger partial charge in [0.25, 0.3) is 0 Å². The topological polar surface area (TPSA) is 0 Å². The molecular weight excluding hydrogens is 490 g/mol. The Labute approximate surface area is 220 Å². The van der Waals surface area contributed by atoms with E-state index in [1.165, 1.54) is 64.2 Å². The summed E-state index contributed by atoms with van der Waals surface area (Å²) in [6.07, 6.45) is 14.8. The van der Waals surface area contributed by atoms with Crippen molar-refractivity contribution < 1.29 is 0 Å². The van der Waals surface area contributed by atoms with Crippen molar-refractivity contribution in [2.45, 2.75) is 115 Å². The minimum absolute atomic E-state index is 0.122. The van der Waals surface area contributed by atoms with Gasteiger partial charge in [0.05, 0.1) is 16.1 Å². The zero-order chi connectivity index (χ0) is 25.1. The highest BCUT2D eigenvalue weighted by Gasteiger charge is 2.48. The van der Waals surface area contributed by atoms with Crippen LogP contribution in [0.4, 0.5) is 0 Å². The van der Waals surface area contributed by atoms with Crippen molar-refractivity contribution in [3.8, 4) is 0 Å². The van der Waals surface area contributed by atoms with Crippen molar-refractivity contribution in [1.29, 1.82) is 0 Å². The fourth-order valence-corrected chi connectivity index (χ4v) is 47.0. The van der Waals surface area contributed by atoms with E-state index in [-0.39, 0.29) is 7.61 Å². The molecule has 0 N–H and O–H groups in total. The molecule has 0 heterocycles. The Morgan fingerprint density at radius 3 is 1.23 bits per heavy atom. The van der Waals surface area contributed by atoms with Crippen LogP contribution in [0.2, 0.25) is 39.3 Å². The molecule has 0 radical (unpaired) electrons. The molecule has 0 bridgehead atoms. The summed E-state index contributed by atoms with van der Waals surface area (Å²) in [6.45, 7) is 14.5. The zero-order valence-electron chi connectivity index (χ0n) is 23.4. The van der Waals surface area contributed by atoms with Gasteiger partial charge in [0.1, 0.15) is 0 Å². The van der Waals surface area contributed by atoms with Crippen molar-refractivity contribution >= 4 is 45.5 Å². The molecule has 0 nitrogen and oxygen atoms in total. The van der Waals surface area contributed by atoms with E-state index >= 15 is 0 Å². The van der Waals surface area contributed by atoms with E-state index in [1.807, 2.05) is 0 Å². The lowest BCUT2D eigenvalue weighted by atomic mass is 10.00. The van der Waals surface area contributed by atoms with E-state index in [0.717, 1.165) is 11.3 Å². The smallest absolute Gasteiger partial charge is 0.0695 e. The molecular formula is C31H50P2Si2. The van der Waals surface area contributed by atoms with Crippen molar-refractivity contribution in [2.24, 2.45) is 0 Å². The molecule has 0 aliphatic heterocycles. The minimum Gasteiger partial charge on any atom is -0.0815 e. The quantitative estimate of drug-likeness (QED) is 0.242. The van der Waals surface area contributed by atoms with Gasteiger partial charge in [-0.25, -0.2) is 0 Å². The Morgan fingerprint density at radius 2 is 0.914 bits per heavy atom. The van der Waals surface area contributed by atoms with Crippen LogP contribution in [0.15, 0.2) is 60.7 Å². The third-order valence-corrected chi connectivity index (χ3v) is 34.7. The minimum atomic E-state index is -1.70. The van der Waals surface area contributed by atoms with Crippen LogP contribution in [-0.4, -0.2) is 32.0 Å². The van der Waals surface area contributed by atoms with E-state index in [0.29, 0.717) is 0 Å². The second kappa shape index (κ2) is 11.6. The first-order valence-corrected chi connectivity index (χ1v) is 25.3. The summed E-state index contributed by atoms with van der Waals surface area (Å²) < 4.78 is 2.15. The second-order valence-electron chi connectivity index (χ2n) is 13.1. The monoisotopic (exact) mass is 540 g/mol. The third kappa shape index (κ3) is 5.87. The van der Waals surface area contributed by atoms with E-state index in [2.05, 4.69) is 104 Å². The van der Waals surface area contributed by atoms with Gasteiger partial charge in [0.2, 0.25) is 0 Å². The molecule has 35 heavy (non-hydrogen) atoms. The van der Waals surface area contributed by atoms with Crippen LogP contribution in [0.5, 0.6) is 0 Å². The standard InChI is InChI=1S/C31H50P2Si2/c1-34(2,3)31(35(4,5)6)33(29-23-15-9-16-24-29,30-25-17-10-18-26-30)32(27-19-11-7-12-20-27)28-21-13-8-14-22-28/h9-10,15-18,23-28H,7-8,11-14,19-22H2,1-6H3. The summed E-state index contributed by atoms with van der Waals surface area (Å²) in [5.41, 5.74) is 1.91. The molecule has 2 aliphatic rings. The van der Waals surface area contributed by atoms with E-state index in [4.69, 9.17) is 0 Å². The maximum Gasteiger partial charge on any atom is 0.0695 e. The Balaban J connectivity index is 2.20. The Kier molecular flexibility index (Phi) is 9.12. The highest BCUT2D eigenvalue weighted by Crippen LogP contribution is 2.83. The fourth-order valence-electron chi connectivity index (χ4n) is 7.65. The number of hydrogen-bond donors (Lipinski definition) is 0. The molecule has 4 rings (SSSR count). The van der Waals surface area contributed by atoms with Crippen LogP contribution in [0.25, 0.3) is 0 Å². The van der Waals surface area contributed by atoms with Crippen molar-refractivity contribution in [1.82, 2.24) is 0 Å². The third-order valence-electron chi connectivity index (χ3n) is 8.25. The van der Waals surface area contributed by atoms with Crippen molar-refractivity contribution in [3.63, 3.8) is 0 Å². The average Bonchev–Trinajstić information content (AvgIpc) is 2.84. The summed E-state index contributed by atoms with van der Waals surface area (Å²) in [7, 11) is -3.26. The molecule has 2 aromatic carbocycles. The molecule has 0 aromatic heterocycles. The summed E-state index contributed by atoms with van der Waals surface area (Å²) in [6, 6.07) is 24.3. The van der Waals surface area contributed by atoms with Crippen molar-refractivity contribution in [2.75, 3.05) is 0 Å². The van der Waals surface area contributed by atoms with E-state index < -0.39 is 22.7 Å². The molecule has 2 aliphatic carbocycles. The lowest BCUT2D eigenvalue weighted by molar-refractivity contribution is 0.488. The van der Waals surface area contributed by atoms with Crippen LogP contribution >= 0.6 is 14.2 Å². The maximum atomic E-state index is 2.70. The highest BCUT2D eigenvalue weighted by atomic mass is 32.1. The highest BCUT2D eigenvalue weighted by molar-refractivity contribution is 8.46. The van der Waals surface area contributed by atoms with Crippen molar-refractivity contribution in [3.05, 3.63) is 60.7 Å². The van der Waals surface area contributed by atoms with Crippen LogP contribution in [0.3, 0.4) is 0 Å². The Hall–Kier alpha value is -0.396. The molecule has 0 amide bonds. The molecule has 0 spiro atoms. The normalized spacial score (nSPS) is 19.2. The molecule has 2 fully saturated rings. The maximum absolute atomic E-state index is 2.70. The van der Waals surface area contributed by atoms with Gasteiger partial charge in [-0.3, -0.25) is 0 Å². The Bertz CT molecular complexity index is 912. The summed E-state index contributed by atoms with van der Waals surface area (Å²) in [4.78, 5) is 0. The van der Waals surface area contributed by atoms with Gasteiger partial charge < -0.3 is 0 Å². The molecule has 0 unspecified atom stereocenters. The fraction of sp³-hybridized carbons (Fsp3) is 0.581. The first-order valence-electron chi connectivity index (χ1n) is 14.3. The molecule has 2 aromatic rings. The predicted molar refractivity (Wildman–Crippen MR) is 171 cm³/mol. The number of benzene rings is 2. The lowest BCUT2D eigenvalue weighted by Gasteiger charge is -2.53. The molecule has 0 atom stereocenters. The van der Waals surface area contributed by atoms with Crippen LogP contribution in [0.1, 0.15) is 64.2 Å². The molecule has 0 saturated heterocycles. The van der Waals surface area contributed by atoms with Gasteiger partial charge in [-0.05, 0) is 54.2 Å². The van der Waals surface area contributed by atoms with Crippen LogP contribution < -0.4 is 10.6 Å². The molecule has 2 saturated carbocycles. The lowest BCUT2D eigenvalue weighted by Crippen LogP contribution is -2.52. The summed E-state index contributed by atoms with van der Waals surface area (Å²) in [5, 5.41) is 3.49. The number of hydrogen-bond acceptors (Lipinski definition) is 0. The summed E-state index contributed by atoms with van der Waals surface area (Å²) >= 11 is 0. The second-order valence-corrected chi connectivity index (χ2v) is 32.6. The average molecular weight is 541 g/mol. The van der Waals surface area contributed by atoms with Gasteiger partial charge in [-0.2, -0.15) is 0 Å². The zero-order valence-corrected chi connectivity index (χ0v) is 27.2. The van der Waals surface area contributed by atoms with Gasteiger partial charge in [-0.15, -0.1) is 0 Å². The first kappa shape index (κ1) is 27.6. The summed E-state index contributed by atoms with van der Waals surface area (Å²) in [5.74, 6) is 0. The van der Waals surface area contributed by atoms with Gasteiger partial charge in [-0.1, -0.05) is 151 Å². The van der Waals surface area contributed by atoms with Crippen LogP contribution in [0, 0.1) is 0 Å². The van der Waals surface area contributed by atoms with E-state index in [1.54, 1.807) is 10.6 Å². The Morgan fingerprint density at radius 1 is 0.571 bits per heavy atom. The van der Waals surface area contributed by atoms with Crippen LogP contribution in [-0.2, 0) is 0 Å².